The minimum atomic E-state index is 0. The lowest BCUT2D eigenvalue weighted by molar-refractivity contribution is 1.42. The zero-order chi connectivity index (χ0) is 7.56. The van der Waals surface area contributed by atoms with Crippen molar-refractivity contribution in [3.05, 3.63) is 29.8 Å². The first kappa shape index (κ1) is 9.78. The first-order valence-electron chi connectivity index (χ1n) is 2.90. The topological polar surface area (TPSA) is 75.9 Å². The molecule has 0 fully saturated rings. The lowest BCUT2D eigenvalue weighted by Gasteiger charge is -1.96. The highest BCUT2D eigenvalue weighted by atomic mass is 35.5. The van der Waals surface area contributed by atoms with Crippen molar-refractivity contribution in [3.8, 4) is 0 Å². The predicted octanol–water partition coefficient (Wildman–Crippen LogP) is 0.975. The van der Waals surface area contributed by atoms with Crippen LogP contribution in [0.3, 0.4) is 0 Å². The highest BCUT2D eigenvalue weighted by Crippen LogP contribution is 2.03. The highest BCUT2D eigenvalue weighted by molar-refractivity contribution is 5.95. The number of nitrogens with two attached hydrogens (primary N) is 2. The Morgan fingerprint density at radius 3 is 2.00 bits per heavy atom. The van der Waals surface area contributed by atoms with E-state index in [9.17, 15) is 0 Å². The van der Waals surface area contributed by atoms with Crippen LogP contribution < -0.4 is 11.5 Å². The Morgan fingerprint density at radius 2 is 1.64 bits per heavy atom. The van der Waals surface area contributed by atoms with E-state index in [1.165, 1.54) is 0 Å². The Labute approximate surface area is 71.3 Å². The first-order chi connectivity index (χ1) is 4.70. The lowest BCUT2D eigenvalue weighted by Crippen LogP contribution is -2.10. The molecule has 0 aliphatic rings. The van der Waals surface area contributed by atoms with Crippen molar-refractivity contribution >= 4 is 23.9 Å². The Kier molecular flexibility index (Phi) is 3.40. The molecule has 3 nitrogen and oxygen atoms in total. The van der Waals surface area contributed by atoms with Gasteiger partial charge in [-0.25, -0.2) is 0 Å². The molecule has 0 heterocycles. The van der Waals surface area contributed by atoms with E-state index in [1.54, 1.807) is 24.3 Å². The average molecular weight is 172 g/mol. The molecule has 1 aromatic carbocycles. The second-order valence-corrected chi connectivity index (χ2v) is 2.04. The second-order valence-electron chi connectivity index (χ2n) is 2.04. The molecule has 11 heavy (non-hydrogen) atoms. The van der Waals surface area contributed by atoms with Gasteiger partial charge in [0.25, 0.3) is 0 Å². The van der Waals surface area contributed by atoms with Crippen molar-refractivity contribution in [2.45, 2.75) is 0 Å². The van der Waals surface area contributed by atoms with E-state index < -0.39 is 0 Å². The molecule has 0 aliphatic heterocycles. The molecule has 1 aromatic rings. The van der Waals surface area contributed by atoms with Crippen molar-refractivity contribution in [1.29, 1.82) is 5.41 Å². The van der Waals surface area contributed by atoms with Gasteiger partial charge < -0.3 is 11.5 Å². The molecule has 0 radical (unpaired) electrons. The smallest absolute Gasteiger partial charge is 0.122 e. The molecule has 0 aliphatic carbocycles. The summed E-state index contributed by atoms with van der Waals surface area (Å²) in [7, 11) is 0. The number of benzene rings is 1. The molecular weight excluding hydrogens is 162 g/mol. The van der Waals surface area contributed by atoms with Crippen LogP contribution in [0.5, 0.6) is 0 Å². The molecular formula is C7H10ClN3. The largest absolute Gasteiger partial charge is 0.399 e. The van der Waals surface area contributed by atoms with Gasteiger partial charge in [-0.05, 0) is 24.3 Å². The number of hydrogen-bond acceptors (Lipinski definition) is 2. The van der Waals surface area contributed by atoms with Gasteiger partial charge in [0.2, 0.25) is 0 Å². The number of hydrogen-bond donors (Lipinski definition) is 3. The lowest BCUT2D eigenvalue weighted by atomic mass is 10.2. The SMILES string of the molecule is Cl.N=C(N)c1ccc(N)cc1. The standard InChI is InChI=1S/C7H9N3.ClH/c8-6-3-1-5(2-4-6)7(9)10;/h1-4H,8H2,(H3,9,10);1H. The third kappa shape index (κ3) is 2.47. The number of anilines is 1. The van der Waals surface area contributed by atoms with Crippen LogP contribution in [0.2, 0.25) is 0 Å². The third-order valence-electron chi connectivity index (χ3n) is 1.22. The molecule has 0 saturated heterocycles. The van der Waals surface area contributed by atoms with Gasteiger partial charge in [-0.1, -0.05) is 0 Å². The summed E-state index contributed by atoms with van der Waals surface area (Å²) in [6.07, 6.45) is 0. The van der Waals surface area contributed by atoms with E-state index >= 15 is 0 Å². The molecule has 1 rings (SSSR count). The third-order valence-corrected chi connectivity index (χ3v) is 1.22. The monoisotopic (exact) mass is 171 g/mol. The highest BCUT2D eigenvalue weighted by Gasteiger charge is 1.92. The summed E-state index contributed by atoms with van der Waals surface area (Å²) in [5, 5.41) is 7.04. The zero-order valence-electron chi connectivity index (χ0n) is 5.87. The van der Waals surface area contributed by atoms with E-state index in [-0.39, 0.29) is 18.2 Å². The van der Waals surface area contributed by atoms with E-state index in [0.717, 1.165) is 0 Å². The summed E-state index contributed by atoms with van der Waals surface area (Å²) >= 11 is 0. The number of halogens is 1. The molecule has 5 N–H and O–H groups in total. The minimum Gasteiger partial charge on any atom is -0.399 e. The Hall–Kier alpha value is -1.22. The number of amidine groups is 1. The van der Waals surface area contributed by atoms with Crippen LogP contribution >= 0.6 is 12.4 Å². The molecule has 0 spiro atoms. The van der Waals surface area contributed by atoms with Gasteiger partial charge in [0, 0.05) is 11.3 Å². The second kappa shape index (κ2) is 3.83. The van der Waals surface area contributed by atoms with Crippen LogP contribution in [0, 0.1) is 5.41 Å². The fraction of sp³-hybridized carbons (Fsp3) is 0. The molecule has 0 saturated carbocycles. The van der Waals surface area contributed by atoms with E-state index in [2.05, 4.69) is 0 Å². The molecule has 0 bridgehead atoms. The number of rotatable bonds is 1. The fourth-order valence-corrected chi connectivity index (χ4v) is 0.663. The zero-order valence-corrected chi connectivity index (χ0v) is 6.69. The van der Waals surface area contributed by atoms with E-state index in [4.69, 9.17) is 16.9 Å². The summed E-state index contributed by atoms with van der Waals surface area (Å²) in [5.74, 6) is 0.0694. The van der Waals surface area contributed by atoms with Crippen molar-refractivity contribution in [2.24, 2.45) is 5.73 Å². The van der Waals surface area contributed by atoms with Crippen molar-refractivity contribution in [1.82, 2.24) is 0 Å². The van der Waals surface area contributed by atoms with E-state index in [1.807, 2.05) is 0 Å². The molecule has 0 unspecified atom stereocenters. The summed E-state index contributed by atoms with van der Waals surface area (Å²) in [6, 6.07) is 6.88. The van der Waals surface area contributed by atoms with Gasteiger partial charge in [0.05, 0.1) is 0 Å². The molecule has 0 amide bonds. The maximum absolute atomic E-state index is 7.04. The van der Waals surface area contributed by atoms with Crippen molar-refractivity contribution < 1.29 is 0 Å². The fourth-order valence-electron chi connectivity index (χ4n) is 0.663. The Bertz CT molecular complexity index is 242. The first-order valence-corrected chi connectivity index (χ1v) is 2.90. The molecule has 60 valence electrons. The normalized spacial score (nSPS) is 8.36. The van der Waals surface area contributed by atoms with Crippen molar-refractivity contribution in [3.63, 3.8) is 0 Å². The van der Waals surface area contributed by atoms with Gasteiger partial charge in [-0.15, -0.1) is 12.4 Å². The summed E-state index contributed by atoms with van der Waals surface area (Å²) in [5.41, 5.74) is 12.0. The van der Waals surface area contributed by atoms with Gasteiger partial charge in [0.1, 0.15) is 5.84 Å². The van der Waals surface area contributed by atoms with Crippen LogP contribution in [0.15, 0.2) is 24.3 Å². The van der Waals surface area contributed by atoms with Crippen LogP contribution in [-0.2, 0) is 0 Å². The summed E-state index contributed by atoms with van der Waals surface area (Å²) in [6.45, 7) is 0. The summed E-state index contributed by atoms with van der Waals surface area (Å²) < 4.78 is 0. The average Bonchev–Trinajstić information content (AvgIpc) is 1.88. The van der Waals surface area contributed by atoms with Gasteiger partial charge >= 0.3 is 0 Å². The quantitative estimate of drug-likeness (QED) is 0.335. The maximum atomic E-state index is 7.04. The molecule has 0 atom stereocenters. The Morgan fingerprint density at radius 1 is 1.18 bits per heavy atom. The number of nitrogen functional groups attached to an aromatic ring is 2. The van der Waals surface area contributed by atoms with Crippen LogP contribution in [0.25, 0.3) is 0 Å². The van der Waals surface area contributed by atoms with Gasteiger partial charge in [-0.2, -0.15) is 0 Å². The van der Waals surface area contributed by atoms with Gasteiger partial charge in [0.15, 0.2) is 0 Å². The predicted molar refractivity (Wildman–Crippen MR) is 49.1 cm³/mol. The maximum Gasteiger partial charge on any atom is 0.122 e. The minimum absolute atomic E-state index is 0. The van der Waals surface area contributed by atoms with Gasteiger partial charge in [-0.3, -0.25) is 5.41 Å². The van der Waals surface area contributed by atoms with Crippen LogP contribution in [-0.4, -0.2) is 5.84 Å². The summed E-state index contributed by atoms with van der Waals surface area (Å²) in [4.78, 5) is 0. The van der Waals surface area contributed by atoms with Crippen LogP contribution in [0.4, 0.5) is 5.69 Å². The molecule has 0 aromatic heterocycles. The van der Waals surface area contributed by atoms with Crippen LogP contribution in [0.1, 0.15) is 5.56 Å². The van der Waals surface area contributed by atoms with Crippen molar-refractivity contribution in [2.75, 3.05) is 5.73 Å². The number of nitrogens with one attached hydrogen (secondary N) is 1. The molecule has 4 heteroatoms. The van der Waals surface area contributed by atoms with E-state index in [0.29, 0.717) is 11.3 Å². The Balaban J connectivity index is 0.000001000.